The first-order chi connectivity index (χ1) is 9.72. The SMILES string of the molecule is Cc1cc(Cl)c(S(=O)(=O)Nc2c(Cl)ncnc2Cl)cc1N. The van der Waals surface area contributed by atoms with Gasteiger partial charge in [0.05, 0.1) is 5.02 Å². The number of nitrogen functional groups attached to an aromatic ring is 1. The molecule has 21 heavy (non-hydrogen) atoms. The van der Waals surface area contributed by atoms with Crippen LogP contribution in [-0.2, 0) is 10.0 Å². The Bertz CT molecular complexity index is 791. The molecular weight excluding hydrogens is 359 g/mol. The van der Waals surface area contributed by atoms with Crippen LogP contribution in [-0.4, -0.2) is 18.4 Å². The number of aromatic nitrogens is 2. The summed E-state index contributed by atoms with van der Waals surface area (Å²) < 4.78 is 26.9. The second-order valence-corrected chi connectivity index (χ2v) is 6.85. The molecule has 6 nitrogen and oxygen atoms in total. The van der Waals surface area contributed by atoms with Gasteiger partial charge in [0.25, 0.3) is 10.0 Å². The van der Waals surface area contributed by atoms with Crippen molar-refractivity contribution in [1.29, 1.82) is 0 Å². The van der Waals surface area contributed by atoms with Gasteiger partial charge < -0.3 is 5.73 Å². The molecule has 0 spiro atoms. The Balaban J connectivity index is 2.51. The molecule has 112 valence electrons. The average molecular weight is 368 g/mol. The van der Waals surface area contributed by atoms with Crippen molar-refractivity contribution in [2.75, 3.05) is 10.5 Å². The average Bonchev–Trinajstić information content (AvgIpc) is 2.38. The molecule has 0 saturated carbocycles. The van der Waals surface area contributed by atoms with Gasteiger partial charge in [-0.25, -0.2) is 18.4 Å². The molecule has 0 saturated heterocycles. The molecule has 0 fully saturated rings. The lowest BCUT2D eigenvalue weighted by atomic mass is 10.2. The van der Waals surface area contributed by atoms with E-state index in [4.69, 9.17) is 40.5 Å². The molecule has 1 aromatic heterocycles. The van der Waals surface area contributed by atoms with Crippen LogP contribution in [0.3, 0.4) is 0 Å². The minimum absolute atomic E-state index is 0.0262. The summed E-state index contributed by atoms with van der Waals surface area (Å²) in [6.45, 7) is 1.71. The van der Waals surface area contributed by atoms with Crippen LogP contribution in [0.2, 0.25) is 15.3 Å². The fraction of sp³-hybridized carbons (Fsp3) is 0.0909. The zero-order chi connectivity index (χ0) is 15.8. The first-order valence-corrected chi connectivity index (χ1v) is 8.08. The lowest BCUT2D eigenvalue weighted by Crippen LogP contribution is -2.15. The molecule has 2 rings (SSSR count). The Kier molecular flexibility index (Phi) is 4.48. The summed E-state index contributed by atoms with van der Waals surface area (Å²) in [5, 5.41) is -0.233. The number of rotatable bonds is 3. The molecule has 0 aliphatic carbocycles. The van der Waals surface area contributed by atoms with Crippen LogP contribution in [0.15, 0.2) is 23.4 Å². The summed E-state index contributed by atoms with van der Waals surface area (Å²) in [6.07, 6.45) is 1.11. The number of nitrogens with zero attached hydrogens (tertiary/aromatic N) is 2. The summed E-state index contributed by atoms with van der Waals surface area (Å²) >= 11 is 17.6. The number of sulfonamides is 1. The van der Waals surface area contributed by atoms with Crippen LogP contribution in [0.4, 0.5) is 11.4 Å². The molecule has 0 amide bonds. The van der Waals surface area contributed by atoms with Crippen molar-refractivity contribution in [3.8, 4) is 0 Å². The first kappa shape index (κ1) is 16.1. The van der Waals surface area contributed by atoms with Gasteiger partial charge in [0.15, 0.2) is 10.3 Å². The highest BCUT2D eigenvalue weighted by atomic mass is 35.5. The molecule has 0 radical (unpaired) electrons. The Labute approximate surface area is 136 Å². The van der Waals surface area contributed by atoms with E-state index in [2.05, 4.69) is 14.7 Å². The van der Waals surface area contributed by atoms with Gasteiger partial charge in [0.2, 0.25) is 0 Å². The molecular formula is C11H9Cl3N4O2S. The number of hydrogen-bond acceptors (Lipinski definition) is 5. The summed E-state index contributed by atoms with van der Waals surface area (Å²) in [4.78, 5) is 7.12. The molecule has 3 N–H and O–H groups in total. The minimum Gasteiger partial charge on any atom is -0.398 e. The van der Waals surface area contributed by atoms with Crippen LogP contribution < -0.4 is 10.5 Å². The Morgan fingerprint density at radius 1 is 1.14 bits per heavy atom. The summed E-state index contributed by atoms with van der Waals surface area (Å²) in [5.74, 6) is 0. The van der Waals surface area contributed by atoms with E-state index in [9.17, 15) is 8.42 Å². The van der Waals surface area contributed by atoms with Gasteiger partial charge in [-0.1, -0.05) is 34.8 Å². The lowest BCUT2D eigenvalue weighted by Gasteiger charge is -2.12. The van der Waals surface area contributed by atoms with Crippen molar-refractivity contribution in [1.82, 2.24) is 9.97 Å². The third-order valence-electron chi connectivity index (χ3n) is 2.60. The van der Waals surface area contributed by atoms with Crippen LogP contribution in [0, 0.1) is 6.92 Å². The zero-order valence-electron chi connectivity index (χ0n) is 10.6. The van der Waals surface area contributed by atoms with Gasteiger partial charge in [-0.2, -0.15) is 0 Å². The van der Waals surface area contributed by atoms with E-state index in [0.29, 0.717) is 11.3 Å². The second-order valence-electron chi connectivity index (χ2n) is 4.08. The van der Waals surface area contributed by atoms with E-state index < -0.39 is 10.0 Å². The smallest absolute Gasteiger partial charge is 0.263 e. The standard InChI is InChI=1S/C11H9Cl3N4O2S/c1-5-2-6(12)8(3-7(5)15)21(19,20)18-9-10(13)16-4-17-11(9)14/h2-4,18H,15H2,1H3. The third-order valence-corrected chi connectivity index (χ3v) is 4.99. The predicted octanol–water partition coefficient (Wildman–Crippen LogP) is 3.13. The fourth-order valence-electron chi connectivity index (χ4n) is 1.49. The number of hydrogen-bond donors (Lipinski definition) is 2. The monoisotopic (exact) mass is 366 g/mol. The van der Waals surface area contributed by atoms with Gasteiger partial charge in [-0.3, -0.25) is 4.72 Å². The third kappa shape index (κ3) is 3.32. The Morgan fingerprint density at radius 2 is 1.71 bits per heavy atom. The van der Waals surface area contributed by atoms with Crippen molar-refractivity contribution < 1.29 is 8.42 Å². The highest BCUT2D eigenvalue weighted by molar-refractivity contribution is 7.92. The second kappa shape index (κ2) is 5.84. The maximum absolute atomic E-state index is 12.4. The van der Waals surface area contributed by atoms with Crippen LogP contribution in [0.25, 0.3) is 0 Å². The molecule has 1 aromatic carbocycles. The molecule has 0 unspecified atom stereocenters. The molecule has 0 atom stereocenters. The van der Waals surface area contributed by atoms with Gasteiger partial charge in [0.1, 0.15) is 16.9 Å². The Morgan fingerprint density at radius 3 is 2.29 bits per heavy atom. The molecule has 10 heteroatoms. The summed E-state index contributed by atoms with van der Waals surface area (Å²) in [6, 6.07) is 2.71. The molecule has 1 heterocycles. The number of nitrogens with two attached hydrogens (primary N) is 1. The van der Waals surface area contributed by atoms with Gasteiger partial charge in [-0.15, -0.1) is 0 Å². The van der Waals surface area contributed by atoms with E-state index in [1.807, 2.05) is 0 Å². The van der Waals surface area contributed by atoms with Crippen molar-refractivity contribution in [3.63, 3.8) is 0 Å². The highest BCUT2D eigenvalue weighted by Gasteiger charge is 2.22. The number of nitrogens with one attached hydrogen (secondary N) is 1. The van der Waals surface area contributed by atoms with Crippen LogP contribution in [0.1, 0.15) is 5.56 Å². The van der Waals surface area contributed by atoms with E-state index in [0.717, 1.165) is 6.33 Å². The summed E-state index contributed by atoms with van der Waals surface area (Å²) in [7, 11) is -4.04. The maximum Gasteiger partial charge on any atom is 0.263 e. The Hall–Kier alpha value is -1.28. The van der Waals surface area contributed by atoms with E-state index >= 15 is 0 Å². The minimum atomic E-state index is -4.04. The summed E-state index contributed by atoms with van der Waals surface area (Å²) in [5.41, 5.74) is 6.54. The first-order valence-electron chi connectivity index (χ1n) is 5.47. The number of halogens is 3. The lowest BCUT2D eigenvalue weighted by molar-refractivity contribution is 0.601. The van der Waals surface area contributed by atoms with Crippen molar-refractivity contribution >= 4 is 56.2 Å². The molecule has 2 aromatic rings. The largest absolute Gasteiger partial charge is 0.398 e. The van der Waals surface area contributed by atoms with E-state index in [1.165, 1.54) is 12.1 Å². The molecule has 0 bridgehead atoms. The van der Waals surface area contributed by atoms with Gasteiger partial charge >= 0.3 is 0 Å². The van der Waals surface area contributed by atoms with Crippen LogP contribution >= 0.6 is 34.8 Å². The quantitative estimate of drug-likeness (QED) is 0.641. The molecule has 0 aliphatic rings. The zero-order valence-corrected chi connectivity index (χ0v) is 13.6. The highest BCUT2D eigenvalue weighted by Crippen LogP contribution is 2.32. The van der Waals surface area contributed by atoms with Gasteiger partial charge in [-0.05, 0) is 24.6 Å². The number of anilines is 2. The van der Waals surface area contributed by atoms with Crippen molar-refractivity contribution in [2.24, 2.45) is 0 Å². The van der Waals surface area contributed by atoms with Crippen molar-refractivity contribution in [2.45, 2.75) is 11.8 Å². The van der Waals surface area contributed by atoms with E-state index in [-0.39, 0.29) is 25.9 Å². The normalized spacial score (nSPS) is 11.4. The topological polar surface area (TPSA) is 98.0 Å². The number of aryl methyl sites for hydroxylation is 1. The fourth-order valence-corrected chi connectivity index (χ4v) is 3.71. The van der Waals surface area contributed by atoms with Crippen molar-refractivity contribution in [3.05, 3.63) is 39.4 Å². The van der Waals surface area contributed by atoms with E-state index in [1.54, 1.807) is 6.92 Å². The van der Waals surface area contributed by atoms with Crippen LogP contribution in [0.5, 0.6) is 0 Å². The number of benzene rings is 1. The predicted molar refractivity (Wildman–Crippen MR) is 83.5 cm³/mol. The maximum atomic E-state index is 12.4. The van der Waals surface area contributed by atoms with Gasteiger partial charge in [0, 0.05) is 5.69 Å². The molecule has 0 aliphatic heterocycles.